The third kappa shape index (κ3) is 4.42. The number of hydrogen-bond acceptors (Lipinski definition) is 4. The van der Waals surface area contributed by atoms with Crippen LogP contribution in [-0.4, -0.2) is 38.4 Å². The fourth-order valence-electron chi connectivity index (χ4n) is 2.97. The largest absolute Gasteiger partial charge is 0.338 e. The Labute approximate surface area is 168 Å². The van der Waals surface area contributed by atoms with Crippen molar-refractivity contribution in [2.24, 2.45) is 0 Å². The number of nitrogens with zero attached hydrogens (tertiary/aromatic N) is 4. The molecule has 0 aliphatic rings. The second-order valence-corrected chi connectivity index (χ2v) is 7.74. The van der Waals surface area contributed by atoms with Crippen molar-refractivity contribution >= 4 is 17.7 Å². The van der Waals surface area contributed by atoms with Crippen LogP contribution in [0.25, 0.3) is 5.69 Å². The Morgan fingerprint density at radius 3 is 2.61 bits per heavy atom. The maximum atomic E-state index is 13.1. The van der Waals surface area contributed by atoms with Crippen LogP contribution in [0, 0.1) is 19.7 Å². The zero-order chi connectivity index (χ0) is 20.3. The molecule has 0 saturated carbocycles. The normalized spacial score (nSPS) is 12.0. The van der Waals surface area contributed by atoms with Crippen LogP contribution in [0.1, 0.15) is 29.7 Å². The number of carbonyl (C=O) groups is 1. The molecule has 1 amide bonds. The molecule has 146 valence electrons. The second kappa shape index (κ2) is 8.56. The fourth-order valence-corrected chi connectivity index (χ4v) is 3.82. The van der Waals surface area contributed by atoms with E-state index in [1.807, 2.05) is 30.5 Å². The summed E-state index contributed by atoms with van der Waals surface area (Å²) in [4.78, 5) is 14.3. The topological polar surface area (TPSA) is 51.0 Å². The van der Waals surface area contributed by atoms with Gasteiger partial charge in [0, 0.05) is 7.05 Å². The molecule has 7 heteroatoms. The number of aryl methyl sites for hydroxylation is 2. The van der Waals surface area contributed by atoms with Gasteiger partial charge in [-0.05, 0) is 50.1 Å². The standard InChI is InChI=1S/C21H23FN4OS/c1-14-5-10-19(15(2)11-14)26-13-23-24-21(26)28-12-20(27)25(4)16(3)17-6-8-18(22)9-7-17/h5-11,13,16H,12H2,1-4H3. The van der Waals surface area contributed by atoms with E-state index in [0.29, 0.717) is 5.16 Å². The summed E-state index contributed by atoms with van der Waals surface area (Å²) in [5, 5.41) is 8.84. The molecule has 0 bridgehead atoms. The van der Waals surface area contributed by atoms with E-state index in [0.717, 1.165) is 16.8 Å². The molecule has 0 aliphatic heterocycles. The first-order valence-electron chi connectivity index (χ1n) is 8.98. The number of amides is 1. The van der Waals surface area contributed by atoms with E-state index in [9.17, 15) is 9.18 Å². The highest BCUT2D eigenvalue weighted by atomic mass is 32.2. The van der Waals surface area contributed by atoms with E-state index in [1.54, 1.807) is 30.4 Å². The third-order valence-corrected chi connectivity index (χ3v) is 5.71. The molecule has 1 unspecified atom stereocenters. The second-order valence-electron chi connectivity index (χ2n) is 6.79. The minimum Gasteiger partial charge on any atom is -0.338 e. The summed E-state index contributed by atoms with van der Waals surface area (Å²) in [6.07, 6.45) is 1.66. The number of rotatable bonds is 6. The highest BCUT2D eigenvalue weighted by molar-refractivity contribution is 7.99. The molecule has 0 saturated heterocycles. The molecule has 1 heterocycles. The summed E-state index contributed by atoms with van der Waals surface area (Å²) in [7, 11) is 1.76. The molecule has 28 heavy (non-hydrogen) atoms. The first-order valence-corrected chi connectivity index (χ1v) is 9.97. The number of aromatic nitrogens is 3. The van der Waals surface area contributed by atoms with E-state index in [4.69, 9.17) is 0 Å². The molecule has 1 aromatic heterocycles. The van der Waals surface area contributed by atoms with E-state index >= 15 is 0 Å². The van der Waals surface area contributed by atoms with Crippen molar-refractivity contribution in [2.45, 2.75) is 32.0 Å². The summed E-state index contributed by atoms with van der Waals surface area (Å²) in [6.45, 7) is 6.02. The SMILES string of the molecule is Cc1ccc(-n2cnnc2SCC(=O)N(C)C(C)c2ccc(F)cc2)c(C)c1. The Kier molecular flexibility index (Phi) is 6.14. The summed E-state index contributed by atoms with van der Waals surface area (Å²) >= 11 is 1.35. The van der Waals surface area contributed by atoms with Crippen LogP contribution in [0.3, 0.4) is 0 Å². The Morgan fingerprint density at radius 2 is 1.93 bits per heavy atom. The van der Waals surface area contributed by atoms with Crippen LogP contribution in [0.2, 0.25) is 0 Å². The average Bonchev–Trinajstić information content (AvgIpc) is 3.13. The van der Waals surface area contributed by atoms with Gasteiger partial charge in [0.25, 0.3) is 0 Å². The zero-order valence-corrected chi connectivity index (χ0v) is 17.2. The molecule has 0 spiro atoms. The van der Waals surface area contributed by atoms with Crippen LogP contribution in [-0.2, 0) is 4.79 Å². The molecule has 1 atom stereocenters. The third-order valence-electron chi connectivity index (χ3n) is 4.78. The summed E-state index contributed by atoms with van der Waals surface area (Å²) in [5.74, 6) is -0.0748. The number of hydrogen-bond donors (Lipinski definition) is 0. The molecule has 3 aromatic rings. The Morgan fingerprint density at radius 1 is 1.21 bits per heavy atom. The molecule has 3 rings (SSSR count). The predicted octanol–water partition coefficient (Wildman–Crippen LogP) is 4.33. The maximum Gasteiger partial charge on any atom is 0.233 e. The highest BCUT2D eigenvalue weighted by Gasteiger charge is 2.19. The number of carbonyl (C=O) groups excluding carboxylic acids is 1. The lowest BCUT2D eigenvalue weighted by atomic mass is 10.1. The minimum atomic E-state index is -0.286. The molecule has 0 radical (unpaired) electrons. The van der Waals surface area contributed by atoms with Gasteiger partial charge in [0.1, 0.15) is 12.1 Å². The van der Waals surface area contributed by atoms with Gasteiger partial charge in [-0.3, -0.25) is 9.36 Å². The monoisotopic (exact) mass is 398 g/mol. The predicted molar refractivity (Wildman–Crippen MR) is 109 cm³/mol. The lowest BCUT2D eigenvalue weighted by Gasteiger charge is -2.25. The molecule has 2 aromatic carbocycles. The zero-order valence-electron chi connectivity index (χ0n) is 16.4. The first-order chi connectivity index (χ1) is 13.4. The lowest BCUT2D eigenvalue weighted by molar-refractivity contribution is -0.128. The van der Waals surface area contributed by atoms with Crippen molar-refractivity contribution in [3.05, 3.63) is 71.3 Å². The van der Waals surface area contributed by atoms with Gasteiger partial charge in [-0.1, -0.05) is 41.6 Å². The summed E-state index contributed by atoms with van der Waals surface area (Å²) < 4.78 is 15.0. The molecule has 0 fully saturated rings. The van der Waals surface area contributed by atoms with Gasteiger partial charge in [-0.15, -0.1) is 10.2 Å². The number of thioether (sulfide) groups is 1. The van der Waals surface area contributed by atoms with Crippen molar-refractivity contribution in [1.29, 1.82) is 0 Å². The van der Waals surface area contributed by atoms with Crippen molar-refractivity contribution in [1.82, 2.24) is 19.7 Å². The van der Waals surface area contributed by atoms with Crippen molar-refractivity contribution in [2.75, 3.05) is 12.8 Å². The molecule has 5 nitrogen and oxygen atoms in total. The van der Waals surface area contributed by atoms with Gasteiger partial charge in [-0.2, -0.15) is 0 Å². The van der Waals surface area contributed by atoms with Crippen LogP contribution in [0.15, 0.2) is 53.9 Å². The molecule has 0 N–H and O–H groups in total. The maximum absolute atomic E-state index is 13.1. The van der Waals surface area contributed by atoms with E-state index in [-0.39, 0.29) is 23.5 Å². The van der Waals surface area contributed by atoms with Crippen molar-refractivity contribution in [3.8, 4) is 5.69 Å². The van der Waals surface area contributed by atoms with E-state index in [2.05, 4.69) is 23.2 Å². The van der Waals surface area contributed by atoms with Crippen molar-refractivity contribution in [3.63, 3.8) is 0 Å². The Bertz CT molecular complexity index is 971. The average molecular weight is 399 g/mol. The van der Waals surface area contributed by atoms with Gasteiger partial charge < -0.3 is 4.90 Å². The number of benzene rings is 2. The first kappa shape index (κ1) is 20.1. The summed E-state index contributed by atoms with van der Waals surface area (Å²) in [6, 6.07) is 12.2. The molecule has 0 aliphatic carbocycles. The lowest BCUT2D eigenvalue weighted by Crippen LogP contribution is -2.31. The van der Waals surface area contributed by atoms with Gasteiger partial charge in [0.05, 0.1) is 17.5 Å². The van der Waals surface area contributed by atoms with Crippen LogP contribution < -0.4 is 0 Å². The van der Waals surface area contributed by atoms with E-state index < -0.39 is 0 Å². The van der Waals surface area contributed by atoms with E-state index in [1.165, 1.54) is 29.5 Å². The molecular formula is C21H23FN4OS. The quantitative estimate of drug-likeness (QED) is 0.580. The minimum absolute atomic E-state index is 0.0306. The van der Waals surface area contributed by atoms with Gasteiger partial charge in [0.2, 0.25) is 5.91 Å². The molecular weight excluding hydrogens is 375 g/mol. The smallest absolute Gasteiger partial charge is 0.233 e. The Balaban J connectivity index is 1.68. The fraction of sp³-hybridized carbons (Fsp3) is 0.286. The van der Waals surface area contributed by atoms with Crippen LogP contribution in [0.4, 0.5) is 4.39 Å². The van der Waals surface area contributed by atoms with Gasteiger partial charge in [-0.25, -0.2) is 4.39 Å². The van der Waals surface area contributed by atoms with Crippen LogP contribution in [0.5, 0.6) is 0 Å². The van der Waals surface area contributed by atoms with Crippen molar-refractivity contribution < 1.29 is 9.18 Å². The van der Waals surface area contributed by atoms with Crippen LogP contribution >= 0.6 is 11.8 Å². The number of halogens is 1. The summed E-state index contributed by atoms with van der Waals surface area (Å²) in [5.41, 5.74) is 4.20. The van der Waals surface area contributed by atoms with Gasteiger partial charge >= 0.3 is 0 Å². The van der Waals surface area contributed by atoms with Gasteiger partial charge in [0.15, 0.2) is 5.16 Å². The Hall–Kier alpha value is -2.67. The highest BCUT2D eigenvalue weighted by Crippen LogP contribution is 2.24.